The first-order valence-electron chi connectivity index (χ1n) is 4.41. The number of imidazole rings is 1. The molecule has 0 spiro atoms. The molecule has 5 nitrogen and oxygen atoms in total. The van der Waals surface area contributed by atoms with E-state index in [1.165, 1.54) is 0 Å². The van der Waals surface area contributed by atoms with E-state index in [9.17, 15) is 4.79 Å². The fourth-order valence-electron chi connectivity index (χ4n) is 0.863. The van der Waals surface area contributed by atoms with Crippen LogP contribution in [-0.4, -0.2) is 21.7 Å². The van der Waals surface area contributed by atoms with Gasteiger partial charge in [-0.25, -0.2) is 9.78 Å². The zero-order chi connectivity index (χ0) is 10.6. The van der Waals surface area contributed by atoms with Crippen molar-refractivity contribution in [2.75, 3.05) is 0 Å². The minimum absolute atomic E-state index is 0.398. The Morgan fingerprint density at radius 3 is 2.86 bits per heavy atom. The third-order valence-electron chi connectivity index (χ3n) is 1.38. The van der Waals surface area contributed by atoms with E-state index in [0.29, 0.717) is 6.54 Å². The minimum atomic E-state index is -0.460. The molecule has 1 aromatic rings. The predicted octanol–water partition coefficient (Wildman–Crippen LogP) is 1.43. The standard InChI is InChI=1S/C9H15N3O2/c1-9(2,3)14-8(13)11-5-7-4-10-6-12-7/h4,6H,5H2,1-3H3,(H,10,12)(H,11,13). The maximum absolute atomic E-state index is 11.2. The van der Waals surface area contributed by atoms with Crippen LogP contribution in [0.25, 0.3) is 0 Å². The highest BCUT2D eigenvalue weighted by atomic mass is 16.6. The summed E-state index contributed by atoms with van der Waals surface area (Å²) in [6.45, 7) is 5.86. The van der Waals surface area contributed by atoms with E-state index in [1.54, 1.807) is 12.5 Å². The summed E-state index contributed by atoms with van der Waals surface area (Å²) in [5.74, 6) is 0. The van der Waals surface area contributed by atoms with E-state index >= 15 is 0 Å². The van der Waals surface area contributed by atoms with E-state index in [-0.39, 0.29) is 0 Å². The second-order valence-electron chi connectivity index (χ2n) is 3.93. The Labute approximate surface area is 82.9 Å². The summed E-state index contributed by atoms with van der Waals surface area (Å²) < 4.78 is 5.05. The van der Waals surface area contributed by atoms with Gasteiger partial charge < -0.3 is 15.0 Å². The summed E-state index contributed by atoms with van der Waals surface area (Å²) in [6, 6.07) is 0. The first kappa shape index (κ1) is 10.6. The van der Waals surface area contributed by atoms with Crippen molar-refractivity contribution in [3.05, 3.63) is 18.2 Å². The highest BCUT2D eigenvalue weighted by Gasteiger charge is 2.15. The zero-order valence-corrected chi connectivity index (χ0v) is 8.63. The molecule has 0 radical (unpaired) electrons. The van der Waals surface area contributed by atoms with Crippen LogP contribution in [0.1, 0.15) is 26.5 Å². The molecular formula is C9H15N3O2. The number of rotatable bonds is 2. The predicted molar refractivity (Wildman–Crippen MR) is 51.7 cm³/mol. The van der Waals surface area contributed by atoms with Gasteiger partial charge in [0.1, 0.15) is 5.60 Å². The molecule has 78 valence electrons. The number of aromatic nitrogens is 2. The fourth-order valence-corrected chi connectivity index (χ4v) is 0.863. The maximum atomic E-state index is 11.2. The van der Waals surface area contributed by atoms with Crippen molar-refractivity contribution in [2.45, 2.75) is 32.9 Å². The molecule has 0 atom stereocenters. The number of H-pyrrole nitrogens is 1. The van der Waals surface area contributed by atoms with Crippen LogP contribution in [0.3, 0.4) is 0 Å². The summed E-state index contributed by atoms with van der Waals surface area (Å²) in [4.78, 5) is 17.9. The topological polar surface area (TPSA) is 67.0 Å². The van der Waals surface area contributed by atoms with Gasteiger partial charge in [-0.3, -0.25) is 0 Å². The van der Waals surface area contributed by atoms with Crippen LogP contribution in [0.5, 0.6) is 0 Å². The van der Waals surface area contributed by atoms with Crippen molar-refractivity contribution in [2.24, 2.45) is 0 Å². The Kier molecular flexibility index (Phi) is 3.11. The molecule has 0 aliphatic heterocycles. The Hall–Kier alpha value is -1.52. The highest BCUT2D eigenvalue weighted by molar-refractivity contribution is 5.67. The van der Waals surface area contributed by atoms with Gasteiger partial charge in [-0.2, -0.15) is 0 Å². The van der Waals surface area contributed by atoms with Crippen LogP contribution in [0.15, 0.2) is 12.5 Å². The normalized spacial score (nSPS) is 11.1. The van der Waals surface area contributed by atoms with E-state index in [4.69, 9.17) is 4.74 Å². The molecule has 0 aliphatic rings. The Bertz CT molecular complexity index is 288. The maximum Gasteiger partial charge on any atom is 0.407 e. The number of aromatic amines is 1. The van der Waals surface area contributed by atoms with Crippen molar-refractivity contribution >= 4 is 6.09 Å². The van der Waals surface area contributed by atoms with Gasteiger partial charge in [0.25, 0.3) is 0 Å². The number of alkyl carbamates (subject to hydrolysis) is 1. The first-order valence-corrected chi connectivity index (χ1v) is 4.41. The second kappa shape index (κ2) is 4.13. The molecule has 0 aromatic carbocycles. The molecule has 0 saturated carbocycles. The SMILES string of the molecule is CC(C)(C)OC(=O)NCc1cnc[nH]1. The molecule has 2 N–H and O–H groups in total. The number of amides is 1. The minimum Gasteiger partial charge on any atom is -0.444 e. The Balaban J connectivity index is 2.29. The van der Waals surface area contributed by atoms with Crippen LogP contribution in [0.4, 0.5) is 4.79 Å². The molecular weight excluding hydrogens is 182 g/mol. The van der Waals surface area contributed by atoms with Crippen LogP contribution in [0.2, 0.25) is 0 Å². The molecule has 1 heterocycles. The van der Waals surface area contributed by atoms with Gasteiger partial charge in [-0.15, -0.1) is 0 Å². The van der Waals surface area contributed by atoms with Crippen molar-refractivity contribution in [3.63, 3.8) is 0 Å². The molecule has 1 rings (SSSR count). The van der Waals surface area contributed by atoms with Crippen LogP contribution < -0.4 is 5.32 Å². The zero-order valence-electron chi connectivity index (χ0n) is 8.63. The van der Waals surface area contributed by atoms with Gasteiger partial charge in [-0.1, -0.05) is 0 Å². The summed E-state index contributed by atoms with van der Waals surface area (Å²) in [6.07, 6.45) is 2.79. The fraction of sp³-hybridized carbons (Fsp3) is 0.556. The molecule has 0 bridgehead atoms. The molecule has 1 amide bonds. The average molecular weight is 197 g/mol. The quantitative estimate of drug-likeness (QED) is 0.753. The van der Waals surface area contributed by atoms with E-state index in [2.05, 4.69) is 15.3 Å². The van der Waals surface area contributed by atoms with Gasteiger partial charge in [-0.05, 0) is 20.8 Å². The third-order valence-corrected chi connectivity index (χ3v) is 1.38. The van der Waals surface area contributed by atoms with Gasteiger partial charge in [0.05, 0.1) is 18.6 Å². The van der Waals surface area contributed by atoms with E-state index in [1.807, 2.05) is 20.8 Å². The summed E-state index contributed by atoms with van der Waals surface area (Å²) >= 11 is 0. The summed E-state index contributed by atoms with van der Waals surface area (Å²) in [5, 5.41) is 2.61. The lowest BCUT2D eigenvalue weighted by molar-refractivity contribution is 0.0523. The molecule has 14 heavy (non-hydrogen) atoms. The lowest BCUT2D eigenvalue weighted by Gasteiger charge is -2.19. The van der Waals surface area contributed by atoms with Gasteiger partial charge in [0, 0.05) is 6.20 Å². The Morgan fingerprint density at radius 2 is 2.36 bits per heavy atom. The average Bonchev–Trinajstić information content (AvgIpc) is 2.49. The van der Waals surface area contributed by atoms with Crippen LogP contribution in [0, 0.1) is 0 Å². The van der Waals surface area contributed by atoms with Crippen LogP contribution in [-0.2, 0) is 11.3 Å². The highest BCUT2D eigenvalue weighted by Crippen LogP contribution is 2.06. The number of carbonyl (C=O) groups excluding carboxylic acids is 1. The van der Waals surface area contributed by atoms with Crippen LogP contribution >= 0.6 is 0 Å². The number of nitrogens with one attached hydrogen (secondary N) is 2. The van der Waals surface area contributed by atoms with Crippen molar-refractivity contribution in [1.29, 1.82) is 0 Å². The lowest BCUT2D eigenvalue weighted by Crippen LogP contribution is -2.32. The molecule has 5 heteroatoms. The molecule has 0 unspecified atom stereocenters. The van der Waals surface area contributed by atoms with E-state index in [0.717, 1.165) is 5.69 Å². The number of nitrogens with zero attached hydrogens (tertiary/aromatic N) is 1. The molecule has 0 saturated heterocycles. The first-order chi connectivity index (χ1) is 6.47. The number of hydrogen-bond acceptors (Lipinski definition) is 3. The number of carbonyl (C=O) groups is 1. The molecule has 0 aliphatic carbocycles. The van der Waals surface area contributed by atoms with Gasteiger partial charge in [0.15, 0.2) is 0 Å². The van der Waals surface area contributed by atoms with Gasteiger partial charge >= 0.3 is 6.09 Å². The van der Waals surface area contributed by atoms with Crippen molar-refractivity contribution in [3.8, 4) is 0 Å². The smallest absolute Gasteiger partial charge is 0.407 e. The van der Waals surface area contributed by atoms with Crippen molar-refractivity contribution < 1.29 is 9.53 Å². The van der Waals surface area contributed by atoms with E-state index < -0.39 is 11.7 Å². The largest absolute Gasteiger partial charge is 0.444 e. The van der Waals surface area contributed by atoms with Crippen molar-refractivity contribution in [1.82, 2.24) is 15.3 Å². The van der Waals surface area contributed by atoms with Gasteiger partial charge in [0.2, 0.25) is 0 Å². The number of ether oxygens (including phenoxy) is 1. The molecule has 0 fully saturated rings. The summed E-state index contributed by atoms with van der Waals surface area (Å²) in [7, 11) is 0. The third kappa shape index (κ3) is 3.93. The summed E-state index contributed by atoms with van der Waals surface area (Å²) in [5.41, 5.74) is 0.383. The second-order valence-corrected chi connectivity index (χ2v) is 3.93. The lowest BCUT2D eigenvalue weighted by atomic mass is 10.2. The molecule has 1 aromatic heterocycles. The Morgan fingerprint density at radius 1 is 1.64 bits per heavy atom. The number of hydrogen-bond donors (Lipinski definition) is 2. The monoisotopic (exact) mass is 197 g/mol.